The zero-order chi connectivity index (χ0) is 12.6. The Hall–Kier alpha value is -0.580. The number of rotatable bonds is 2. The van der Waals surface area contributed by atoms with Gasteiger partial charge in [-0.3, -0.25) is 4.79 Å². The van der Waals surface area contributed by atoms with Crippen LogP contribution in [0.3, 0.4) is 0 Å². The number of amides is 1. The first-order chi connectivity index (χ1) is 8.00. The molecule has 0 fully saturated rings. The Morgan fingerprint density at radius 2 is 2.11 bits per heavy atom. The maximum atomic E-state index is 12.3. The molecule has 0 aromatic heterocycles. The highest BCUT2D eigenvalue weighted by Gasteiger charge is 2.29. The van der Waals surface area contributed by atoms with Crippen molar-refractivity contribution in [3.05, 3.63) is 28.2 Å². The fraction of sp³-hybridized carbons (Fsp3) is 0.462. The van der Waals surface area contributed by atoms with Crippen molar-refractivity contribution in [2.75, 3.05) is 11.4 Å². The maximum Gasteiger partial charge on any atom is 0.231 e. The van der Waals surface area contributed by atoms with Crippen molar-refractivity contribution < 1.29 is 4.79 Å². The van der Waals surface area contributed by atoms with Gasteiger partial charge in [0.05, 0.1) is 5.92 Å². The van der Waals surface area contributed by atoms with Gasteiger partial charge in [-0.1, -0.05) is 28.9 Å². The topological polar surface area (TPSA) is 46.3 Å². The SMILES string of the molecule is CC(N)C(C)C(=O)N1CCc2ccc(Br)cc21.Cl. The normalized spacial score (nSPS) is 16.8. The average Bonchev–Trinajstić information content (AvgIpc) is 2.69. The first-order valence-corrected chi connectivity index (χ1v) is 6.65. The molecule has 0 saturated carbocycles. The number of carbonyl (C=O) groups is 1. The summed E-state index contributed by atoms with van der Waals surface area (Å²) in [5.74, 6) is -0.0169. The standard InChI is InChI=1S/C13H17BrN2O.ClH/c1-8(9(2)15)13(17)16-6-5-10-3-4-11(14)7-12(10)16;/h3-4,7-9H,5-6,15H2,1-2H3;1H. The molecule has 5 heteroatoms. The van der Waals surface area contributed by atoms with E-state index in [1.807, 2.05) is 30.9 Å². The molecule has 2 rings (SSSR count). The Bertz CT molecular complexity index is 451. The number of benzene rings is 1. The quantitative estimate of drug-likeness (QED) is 0.904. The molecule has 2 unspecified atom stereocenters. The van der Waals surface area contributed by atoms with E-state index in [9.17, 15) is 4.79 Å². The predicted octanol–water partition coefficient (Wildman–Crippen LogP) is 2.74. The molecule has 2 atom stereocenters. The molecular formula is C13H18BrClN2O. The molecule has 0 bridgehead atoms. The number of hydrogen-bond donors (Lipinski definition) is 1. The fourth-order valence-corrected chi connectivity index (χ4v) is 2.40. The molecule has 100 valence electrons. The van der Waals surface area contributed by atoms with Gasteiger partial charge in [0.25, 0.3) is 0 Å². The van der Waals surface area contributed by atoms with E-state index < -0.39 is 0 Å². The third kappa shape index (κ3) is 2.87. The van der Waals surface area contributed by atoms with Crippen LogP contribution in [0, 0.1) is 5.92 Å². The Morgan fingerprint density at radius 1 is 1.44 bits per heavy atom. The van der Waals surface area contributed by atoms with Crippen LogP contribution in [0.1, 0.15) is 19.4 Å². The molecule has 1 aromatic carbocycles. The highest BCUT2D eigenvalue weighted by molar-refractivity contribution is 9.10. The summed E-state index contributed by atoms with van der Waals surface area (Å²) in [5, 5.41) is 0. The lowest BCUT2D eigenvalue weighted by molar-refractivity contribution is -0.122. The molecule has 0 radical (unpaired) electrons. The van der Waals surface area contributed by atoms with Crippen LogP contribution in [0.15, 0.2) is 22.7 Å². The van der Waals surface area contributed by atoms with E-state index in [1.165, 1.54) is 5.56 Å². The van der Waals surface area contributed by atoms with Gasteiger partial charge in [-0.2, -0.15) is 0 Å². The zero-order valence-electron chi connectivity index (χ0n) is 10.5. The molecule has 1 aliphatic rings. The van der Waals surface area contributed by atoms with Gasteiger partial charge in [-0.05, 0) is 31.0 Å². The minimum atomic E-state index is -0.139. The minimum Gasteiger partial charge on any atom is -0.327 e. The molecular weight excluding hydrogens is 316 g/mol. The summed E-state index contributed by atoms with van der Waals surface area (Å²) in [6, 6.07) is 5.98. The van der Waals surface area contributed by atoms with Crippen LogP contribution in [-0.4, -0.2) is 18.5 Å². The Morgan fingerprint density at radius 3 is 2.72 bits per heavy atom. The summed E-state index contributed by atoms with van der Waals surface area (Å²) in [4.78, 5) is 14.1. The van der Waals surface area contributed by atoms with Gasteiger partial charge >= 0.3 is 0 Å². The van der Waals surface area contributed by atoms with Crippen molar-refractivity contribution in [2.45, 2.75) is 26.3 Å². The fourth-order valence-electron chi connectivity index (χ4n) is 2.05. The highest BCUT2D eigenvalue weighted by Crippen LogP contribution is 2.32. The largest absolute Gasteiger partial charge is 0.327 e. The van der Waals surface area contributed by atoms with E-state index in [2.05, 4.69) is 22.0 Å². The second-order valence-electron chi connectivity index (χ2n) is 4.66. The smallest absolute Gasteiger partial charge is 0.231 e. The van der Waals surface area contributed by atoms with Crippen LogP contribution in [0.5, 0.6) is 0 Å². The van der Waals surface area contributed by atoms with Gasteiger partial charge in [0.2, 0.25) is 5.91 Å². The summed E-state index contributed by atoms with van der Waals surface area (Å²) in [6.45, 7) is 4.53. The van der Waals surface area contributed by atoms with E-state index in [0.717, 1.165) is 23.1 Å². The van der Waals surface area contributed by atoms with E-state index in [1.54, 1.807) is 0 Å². The van der Waals surface area contributed by atoms with Crippen molar-refractivity contribution in [2.24, 2.45) is 11.7 Å². The van der Waals surface area contributed by atoms with Crippen LogP contribution in [-0.2, 0) is 11.2 Å². The lowest BCUT2D eigenvalue weighted by Gasteiger charge is -2.23. The first-order valence-electron chi connectivity index (χ1n) is 5.86. The van der Waals surface area contributed by atoms with Crippen molar-refractivity contribution in [1.82, 2.24) is 0 Å². The maximum absolute atomic E-state index is 12.3. The van der Waals surface area contributed by atoms with E-state index in [-0.39, 0.29) is 30.3 Å². The molecule has 2 N–H and O–H groups in total. The van der Waals surface area contributed by atoms with Gasteiger partial charge in [-0.25, -0.2) is 0 Å². The Balaban J connectivity index is 0.00000162. The molecule has 1 amide bonds. The van der Waals surface area contributed by atoms with Crippen LogP contribution in [0.25, 0.3) is 0 Å². The van der Waals surface area contributed by atoms with Crippen LogP contribution < -0.4 is 10.6 Å². The lowest BCUT2D eigenvalue weighted by atomic mass is 10.0. The molecule has 3 nitrogen and oxygen atoms in total. The van der Waals surface area contributed by atoms with E-state index in [0.29, 0.717) is 0 Å². The number of nitrogens with two attached hydrogens (primary N) is 1. The first kappa shape index (κ1) is 15.5. The monoisotopic (exact) mass is 332 g/mol. The number of halogens is 2. The molecule has 18 heavy (non-hydrogen) atoms. The second kappa shape index (κ2) is 6.04. The number of carbonyl (C=O) groups excluding carboxylic acids is 1. The van der Waals surface area contributed by atoms with Gasteiger partial charge in [0.15, 0.2) is 0 Å². The van der Waals surface area contributed by atoms with Crippen molar-refractivity contribution in [3.63, 3.8) is 0 Å². The third-order valence-electron chi connectivity index (χ3n) is 3.39. The summed E-state index contributed by atoms with van der Waals surface area (Å²) >= 11 is 3.44. The van der Waals surface area contributed by atoms with Gasteiger partial charge < -0.3 is 10.6 Å². The van der Waals surface area contributed by atoms with E-state index in [4.69, 9.17) is 5.73 Å². The molecule has 1 heterocycles. The minimum absolute atomic E-state index is 0. The number of anilines is 1. The van der Waals surface area contributed by atoms with Gasteiger partial charge in [-0.15, -0.1) is 12.4 Å². The number of hydrogen-bond acceptors (Lipinski definition) is 2. The van der Waals surface area contributed by atoms with Gasteiger partial charge in [0, 0.05) is 22.7 Å². The Labute approximate surface area is 122 Å². The van der Waals surface area contributed by atoms with Gasteiger partial charge in [0.1, 0.15) is 0 Å². The summed E-state index contributed by atoms with van der Waals surface area (Å²) in [7, 11) is 0. The second-order valence-corrected chi connectivity index (χ2v) is 5.58. The molecule has 1 aromatic rings. The van der Waals surface area contributed by atoms with Crippen molar-refractivity contribution in [1.29, 1.82) is 0 Å². The van der Waals surface area contributed by atoms with Crippen molar-refractivity contribution >= 4 is 39.9 Å². The van der Waals surface area contributed by atoms with Crippen molar-refractivity contribution in [3.8, 4) is 0 Å². The third-order valence-corrected chi connectivity index (χ3v) is 3.88. The highest BCUT2D eigenvalue weighted by atomic mass is 79.9. The molecule has 1 aliphatic heterocycles. The predicted molar refractivity (Wildman–Crippen MR) is 80.3 cm³/mol. The summed E-state index contributed by atoms with van der Waals surface area (Å²) in [5.41, 5.74) is 8.06. The summed E-state index contributed by atoms with van der Waals surface area (Å²) in [6.07, 6.45) is 0.931. The number of fused-ring (bicyclic) bond motifs is 1. The molecule has 0 saturated heterocycles. The lowest BCUT2D eigenvalue weighted by Crippen LogP contribution is -2.41. The van der Waals surface area contributed by atoms with Crippen LogP contribution in [0.2, 0.25) is 0 Å². The van der Waals surface area contributed by atoms with Crippen LogP contribution >= 0.6 is 28.3 Å². The van der Waals surface area contributed by atoms with Crippen LogP contribution in [0.4, 0.5) is 5.69 Å². The summed E-state index contributed by atoms with van der Waals surface area (Å²) < 4.78 is 1.00. The molecule has 0 aliphatic carbocycles. The molecule has 0 spiro atoms. The average molecular weight is 334 g/mol. The number of nitrogens with zero attached hydrogens (tertiary/aromatic N) is 1. The zero-order valence-corrected chi connectivity index (χ0v) is 12.9. The Kier molecular flexibility index (Phi) is 5.20. The van der Waals surface area contributed by atoms with E-state index >= 15 is 0 Å².